The molecule has 0 unspecified atom stereocenters. The molecule has 0 atom stereocenters. The zero-order valence-corrected chi connectivity index (χ0v) is 20.9. The summed E-state index contributed by atoms with van der Waals surface area (Å²) in [5.74, 6) is 0.763. The van der Waals surface area contributed by atoms with E-state index < -0.39 is 0 Å². The molecule has 0 saturated carbocycles. The standard InChI is InChI=1S/C23H20BrCl2N3S/c1-13-20(22-27-12-19(30-22)23(2,3)4)28-21(17-10-7-15(25)11-18(17)26)29(13)16-8-5-14(24)6-9-16/h5-12H,1-4H3. The number of hydrogen-bond donors (Lipinski definition) is 0. The van der Waals surface area contributed by atoms with Crippen molar-refractivity contribution in [3.8, 4) is 27.8 Å². The Kier molecular flexibility index (Phi) is 5.84. The Bertz CT molecular complexity index is 1220. The summed E-state index contributed by atoms with van der Waals surface area (Å²) in [7, 11) is 0. The van der Waals surface area contributed by atoms with Gasteiger partial charge in [0.1, 0.15) is 16.5 Å². The van der Waals surface area contributed by atoms with Gasteiger partial charge in [-0.1, -0.05) is 59.9 Å². The molecule has 0 spiro atoms. The molecule has 0 amide bonds. The fraction of sp³-hybridized carbons (Fsp3) is 0.217. The molecule has 2 heterocycles. The Morgan fingerprint density at radius 3 is 2.33 bits per heavy atom. The minimum absolute atomic E-state index is 0.0421. The van der Waals surface area contributed by atoms with Crippen LogP contribution < -0.4 is 0 Å². The van der Waals surface area contributed by atoms with Crippen LogP contribution >= 0.6 is 50.5 Å². The average molecular weight is 521 g/mol. The molecule has 4 aromatic rings. The Morgan fingerprint density at radius 1 is 1.03 bits per heavy atom. The van der Waals surface area contributed by atoms with Gasteiger partial charge in [-0.15, -0.1) is 11.3 Å². The molecule has 0 aliphatic heterocycles. The second-order valence-corrected chi connectivity index (χ2v) is 10.9. The maximum absolute atomic E-state index is 6.56. The topological polar surface area (TPSA) is 30.7 Å². The fourth-order valence-corrected chi connectivity index (χ4v) is 4.96. The maximum Gasteiger partial charge on any atom is 0.147 e. The van der Waals surface area contributed by atoms with Crippen LogP contribution in [-0.2, 0) is 5.41 Å². The van der Waals surface area contributed by atoms with E-state index in [1.807, 2.05) is 30.5 Å². The number of thiazole rings is 1. The van der Waals surface area contributed by atoms with Crippen molar-refractivity contribution in [2.75, 3.05) is 0 Å². The van der Waals surface area contributed by atoms with Crippen LogP contribution in [0.1, 0.15) is 31.3 Å². The van der Waals surface area contributed by atoms with Gasteiger partial charge >= 0.3 is 0 Å². The smallest absolute Gasteiger partial charge is 0.147 e. The molecule has 0 radical (unpaired) electrons. The molecule has 3 nitrogen and oxygen atoms in total. The Labute approximate surface area is 198 Å². The highest BCUT2D eigenvalue weighted by Gasteiger charge is 2.24. The lowest BCUT2D eigenvalue weighted by molar-refractivity contribution is 0.602. The normalized spacial score (nSPS) is 11.8. The van der Waals surface area contributed by atoms with Gasteiger partial charge in [0.15, 0.2) is 0 Å². The summed E-state index contributed by atoms with van der Waals surface area (Å²) in [6.45, 7) is 8.64. The number of imidazole rings is 1. The fourth-order valence-electron chi connectivity index (χ4n) is 3.19. The van der Waals surface area contributed by atoms with Crippen molar-refractivity contribution in [1.82, 2.24) is 14.5 Å². The van der Waals surface area contributed by atoms with Crippen molar-refractivity contribution in [2.45, 2.75) is 33.1 Å². The highest BCUT2D eigenvalue weighted by Crippen LogP contribution is 2.38. The molecule has 154 valence electrons. The molecule has 0 aliphatic rings. The summed E-state index contributed by atoms with van der Waals surface area (Å²) in [5.41, 5.74) is 3.74. The van der Waals surface area contributed by atoms with E-state index in [1.165, 1.54) is 4.88 Å². The molecule has 4 rings (SSSR count). The van der Waals surface area contributed by atoms with Gasteiger partial charge in [0, 0.05) is 31.8 Å². The molecule has 0 bridgehead atoms. The molecular formula is C23H20BrCl2N3S. The number of nitrogens with zero attached hydrogens (tertiary/aromatic N) is 3. The van der Waals surface area contributed by atoms with Crippen molar-refractivity contribution in [2.24, 2.45) is 0 Å². The summed E-state index contributed by atoms with van der Waals surface area (Å²) in [6, 6.07) is 13.6. The lowest BCUT2D eigenvalue weighted by atomic mass is 9.96. The molecule has 7 heteroatoms. The summed E-state index contributed by atoms with van der Waals surface area (Å²) < 4.78 is 3.14. The van der Waals surface area contributed by atoms with Crippen LogP contribution in [0.15, 0.2) is 53.1 Å². The number of rotatable bonds is 3. The van der Waals surface area contributed by atoms with Gasteiger partial charge in [-0.3, -0.25) is 4.57 Å². The SMILES string of the molecule is Cc1c(-c2ncc(C(C)(C)C)s2)nc(-c2ccc(Cl)cc2Cl)n1-c1ccc(Br)cc1. The van der Waals surface area contributed by atoms with E-state index in [-0.39, 0.29) is 5.41 Å². The Balaban J connectivity index is 1.95. The first-order chi connectivity index (χ1) is 14.1. The third-order valence-corrected chi connectivity index (χ3v) is 7.32. The Morgan fingerprint density at radius 2 is 1.73 bits per heavy atom. The molecular weight excluding hydrogens is 501 g/mol. The molecule has 0 saturated heterocycles. The highest BCUT2D eigenvalue weighted by atomic mass is 79.9. The minimum atomic E-state index is 0.0421. The van der Waals surface area contributed by atoms with Crippen molar-refractivity contribution < 1.29 is 0 Å². The molecule has 0 N–H and O–H groups in total. The van der Waals surface area contributed by atoms with Crippen LogP contribution in [0.25, 0.3) is 27.8 Å². The monoisotopic (exact) mass is 519 g/mol. The number of aromatic nitrogens is 3. The zero-order valence-electron chi connectivity index (χ0n) is 17.0. The van der Waals surface area contributed by atoms with Gasteiger partial charge in [0.2, 0.25) is 0 Å². The lowest BCUT2D eigenvalue weighted by Gasteiger charge is -2.14. The van der Waals surface area contributed by atoms with E-state index in [9.17, 15) is 0 Å². The number of hydrogen-bond acceptors (Lipinski definition) is 3. The first kappa shape index (κ1) is 21.6. The summed E-state index contributed by atoms with van der Waals surface area (Å²) >= 11 is 17.9. The third-order valence-electron chi connectivity index (χ3n) is 4.81. The van der Waals surface area contributed by atoms with E-state index in [2.05, 4.69) is 65.3 Å². The van der Waals surface area contributed by atoms with Crippen molar-refractivity contribution in [3.63, 3.8) is 0 Å². The van der Waals surface area contributed by atoms with Gasteiger partial charge in [-0.05, 0) is 54.8 Å². The predicted molar refractivity (Wildman–Crippen MR) is 131 cm³/mol. The molecule has 30 heavy (non-hydrogen) atoms. The van der Waals surface area contributed by atoms with Crippen molar-refractivity contribution in [3.05, 3.63) is 73.8 Å². The van der Waals surface area contributed by atoms with Crippen LogP contribution in [0.5, 0.6) is 0 Å². The van der Waals surface area contributed by atoms with Crippen LogP contribution in [0.2, 0.25) is 10.0 Å². The summed E-state index contributed by atoms with van der Waals surface area (Å²) in [4.78, 5) is 10.9. The van der Waals surface area contributed by atoms with Crippen LogP contribution in [0.3, 0.4) is 0 Å². The van der Waals surface area contributed by atoms with E-state index in [1.54, 1.807) is 17.4 Å². The number of halogens is 3. The minimum Gasteiger partial charge on any atom is -0.296 e. The third kappa shape index (κ3) is 4.09. The van der Waals surface area contributed by atoms with Crippen molar-refractivity contribution >= 4 is 50.5 Å². The van der Waals surface area contributed by atoms with Gasteiger partial charge in [-0.25, -0.2) is 9.97 Å². The average Bonchev–Trinajstić information content (AvgIpc) is 3.28. The highest BCUT2D eigenvalue weighted by molar-refractivity contribution is 9.10. The predicted octanol–water partition coefficient (Wildman–Crippen LogP) is 8.34. The maximum atomic E-state index is 6.56. The molecule has 0 fully saturated rings. The van der Waals surface area contributed by atoms with Crippen LogP contribution in [-0.4, -0.2) is 14.5 Å². The van der Waals surface area contributed by atoms with E-state index in [4.69, 9.17) is 28.2 Å². The second kappa shape index (κ2) is 8.12. The molecule has 2 aromatic heterocycles. The van der Waals surface area contributed by atoms with Gasteiger partial charge < -0.3 is 0 Å². The summed E-state index contributed by atoms with van der Waals surface area (Å²) in [5, 5.41) is 2.06. The zero-order chi connectivity index (χ0) is 21.6. The van der Waals surface area contributed by atoms with Crippen LogP contribution in [0.4, 0.5) is 0 Å². The number of benzene rings is 2. The van der Waals surface area contributed by atoms with E-state index in [0.29, 0.717) is 10.0 Å². The molecule has 2 aromatic carbocycles. The quantitative estimate of drug-likeness (QED) is 0.271. The largest absolute Gasteiger partial charge is 0.296 e. The van der Waals surface area contributed by atoms with Gasteiger partial charge in [0.25, 0.3) is 0 Å². The van der Waals surface area contributed by atoms with Crippen LogP contribution in [0, 0.1) is 6.92 Å². The van der Waals surface area contributed by atoms with E-state index in [0.717, 1.165) is 37.9 Å². The second-order valence-electron chi connectivity index (χ2n) is 8.09. The lowest BCUT2D eigenvalue weighted by Crippen LogP contribution is -2.07. The Hall–Kier alpha value is -1.66. The first-order valence-corrected chi connectivity index (χ1v) is 11.8. The van der Waals surface area contributed by atoms with Gasteiger partial charge in [-0.2, -0.15) is 0 Å². The first-order valence-electron chi connectivity index (χ1n) is 9.42. The van der Waals surface area contributed by atoms with Crippen molar-refractivity contribution in [1.29, 1.82) is 0 Å². The van der Waals surface area contributed by atoms with E-state index >= 15 is 0 Å². The summed E-state index contributed by atoms with van der Waals surface area (Å²) in [6.07, 6.45) is 1.95. The van der Waals surface area contributed by atoms with Gasteiger partial charge in [0.05, 0.1) is 10.7 Å². The molecule has 0 aliphatic carbocycles.